The minimum absolute atomic E-state index is 0.115. The number of hydrogen-bond acceptors (Lipinski definition) is 5. The lowest BCUT2D eigenvalue weighted by Gasteiger charge is -2.28. The zero-order valence-electron chi connectivity index (χ0n) is 22.0. The molecule has 39 heavy (non-hydrogen) atoms. The quantitative estimate of drug-likeness (QED) is 0.486. The molecule has 1 N–H and O–H groups in total. The molecule has 204 valence electrons. The van der Waals surface area contributed by atoms with E-state index in [1.165, 1.54) is 18.6 Å². The number of aromatic nitrogens is 2. The third-order valence-electron chi connectivity index (χ3n) is 7.72. The average molecular weight is 548 g/mol. The lowest BCUT2D eigenvalue weighted by molar-refractivity contribution is -0.126. The maximum atomic E-state index is 13.0. The first-order valence-electron chi connectivity index (χ1n) is 13.7. The molecule has 7 nitrogen and oxygen atoms in total. The van der Waals surface area contributed by atoms with Crippen LogP contribution in [-0.2, 0) is 15.6 Å². The van der Waals surface area contributed by atoms with Crippen LogP contribution in [0, 0.1) is 23.1 Å². The molecule has 1 aliphatic heterocycles. The van der Waals surface area contributed by atoms with E-state index in [1.807, 2.05) is 12.4 Å². The summed E-state index contributed by atoms with van der Waals surface area (Å²) >= 11 is 0. The van der Waals surface area contributed by atoms with Crippen LogP contribution >= 0.6 is 0 Å². The Morgan fingerprint density at radius 2 is 1.62 bits per heavy atom. The summed E-state index contributed by atoms with van der Waals surface area (Å²) in [4.78, 5) is 14.0. The van der Waals surface area contributed by atoms with Gasteiger partial charge in [-0.1, -0.05) is 31.4 Å². The zero-order valence-corrected chi connectivity index (χ0v) is 22.8. The second-order valence-electron chi connectivity index (χ2n) is 10.6. The van der Waals surface area contributed by atoms with Crippen LogP contribution in [0.1, 0.15) is 44.9 Å². The van der Waals surface area contributed by atoms with E-state index in [4.69, 9.17) is 5.26 Å². The van der Waals surface area contributed by atoms with Crippen LogP contribution in [0.2, 0.25) is 0 Å². The number of nitrogens with one attached hydrogen (secondary N) is 1. The molecule has 3 aromatic rings. The molecule has 0 bridgehead atoms. The molecule has 6 rings (SSSR count). The Morgan fingerprint density at radius 1 is 0.974 bits per heavy atom. The highest BCUT2D eigenvalue weighted by Crippen LogP contribution is 2.35. The number of rotatable bonds is 5. The summed E-state index contributed by atoms with van der Waals surface area (Å²) in [5, 5.41) is 16.1. The Labute approximate surface area is 231 Å². The van der Waals surface area contributed by atoms with Gasteiger partial charge in [0.2, 0.25) is 5.91 Å². The number of anilines is 1. The van der Waals surface area contributed by atoms with Gasteiger partial charge >= 0.3 is 0 Å². The van der Waals surface area contributed by atoms with Crippen molar-refractivity contribution in [3.05, 3.63) is 66.7 Å². The lowest BCUT2D eigenvalue weighted by atomic mass is 9.88. The molecule has 1 saturated heterocycles. The van der Waals surface area contributed by atoms with Crippen molar-refractivity contribution in [1.29, 1.82) is 5.26 Å². The molecule has 2 heterocycles. The van der Waals surface area contributed by atoms with Crippen LogP contribution in [0.3, 0.4) is 0 Å². The molecule has 2 aromatic carbocycles. The van der Waals surface area contributed by atoms with Gasteiger partial charge in [0.15, 0.2) is 0 Å². The van der Waals surface area contributed by atoms with Crippen molar-refractivity contribution < 1.29 is 13.4 Å². The molecule has 1 aromatic heterocycles. The molecule has 3 fully saturated rings. The fraction of sp³-hybridized carbons (Fsp3) is 0.433. The molecule has 0 unspecified atom stereocenters. The molecule has 0 spiro atoms. The summed E-state index contributed by atoms with van der Waals surface area (Å²) in [6.07, 6.45) is 11.0. The number of amides is 1. The number of carbonyl (C=O) groups is 1. The Balaban J connectivity index is 0.000000186. The predicted molar refractivity (Wildman–Crippen MR) is 151 cm³/mol. The third kappa shape index (κ3) is 6.93. The van der Waals surface area contributed by atoms with Gasteiger partial charge in [0.25, 0.3) is 0 Å². The molecule has 2 aliphatic carbocycles. The minimum Gasteiger partial charge on any atom is -0.370 e. The van der Waals surface area contributed by atoms with Crippen LogP contribution in [0.5, 0.6) is 0 Å². The van der Waals surface area contributed by atoms with Crippen molar-refractivity contribution in [2.24, 2.45) is 5.92 Å². The van der Waals surface area contributed by atoms with Crippen molar-refractivity contribution in [1.82, 2.24) is 15.1 Å². The third-order valence-corrected chi connectivity index (χ3v) is 9.00. The van der Waals surface area contributed by atoms with Gasteiger partial charge in [-0.05, 0) is 67.6 Å². The molecule has 0 radical (unpaired) electrons. The van der Waals surface area contributed by atoms with E-state index >= 15 is 0 Å². The highest BCUT2D eigenvalue weighted by molar-refractivity contribution is 7.85. The highest BCUT2D eigenvalue weighted by atomic mass is 32.2. The van der Waals surface area contributed by atoms with E-state index in [0.29, 0.717) is 0 Å². The molecule has 9 heteroatoms. The first-order chi connectivity index (χ1) is 18.9. The van der Waals surface area contributed by atoms with E-state index < -0.39 is 16.3 Å². The van der Waals surface area contributed by atoms with Gasteiger partial charge in [0.05, 0.1) is 18.0 Å². The maximum Gasteiger partial charge on any atom is 0.224 e. The first kappa shape index (κ1) is 27.1. The van der Waals surface area contributed by atoms with Gasteiger partial charge in [-0.2, -0.15) is 10.4 Å². The minimum atomic E-state index is -0.662. The summed E-state index contributed by atoms with van der Waals surface area (Å²) in [6, 6.07) is 16.8. The normalized spacial score (nSPS) is 18.9. The summed E-state index contributed by atoms with van der Waals surface area (Å²) in [7, 11) is -0.662. The fourth-order valence-corrected chi connectivity index (χ4v) is 6.11. The Bertz CT molecular complexity index is 1330. The monoisotopic (exact) mass is 547 g/mol. The fourth-order valence-electron chi connectivity index (χ4n) is 5.06. The molecular weight excluding hydrogens is 513 g/mol. The van der Waals surface area contributed by atoms with E-state index in [9.17, 15) is 13.4 Å². The van der Waals surface area contributed by atoms with Crippen molar-refractivity contribution in [3.63, 3.8) is 0 Å². The van der Waals surface area contributed by atoms with Crippen LogP contribution in [-0.4, -0.2) is 50.0 Å². The number of halogens is 1. The largest absolute Gasteiger partial charge is 0.370 e. The van der Waals surface area contributed by atoms with Crippen LogP contribution in [0.4, 0.5) is 10.1 Å². The number of hydrogen-bond donors (Lipinski definition) is 1. The zero-order chi connectivity index (χ0) is 27.2. The standard InChI is InChI=1S/C19H18FN3OS.C11H16N2O/c20-17-3-7-19(8-4-17)23-14-16(13-21-23)15-1-5-18(6-2-15)22-9-11-25(24)12-10-22;12-8-11(6-7-11)13-10(14)9-4-2-1-3-5-9/h1-8,13-14H,9-12H2;9H,1-7H2,(H,13,14). The second kappa shape index (κ2) is 12.1. The number of nitriles is 1. The van der Waals surface area contributed by atoms with E-state index in [2.05, 4.69) is 45.7 Å². The summed E-state index contributed by atoms with van der Waals surface area (Å²) in [5.41, 5.74) is 3.60. The van der Waals surface area contributed by atoms with Gasteiger partial charge in [-0.3, -0.25) is 9.00 Å². The van der Waals surface area contributed by atoms with Gasteiger partial charge in [-0.25, -0.2) is 9.07 Å². The molecule has 2 saturated carbocycles. The Kier molecular flexibility index (Phi) is 8.41. The van der Waals surface area contributed by atoms with Crippen LogP contribution in [0.15, 0.2) is 60.9 Å². The Hall–Kier alpha value is -3.51. The van der Waals surface area contributed by atoms with E-state index in [1.54, 1.807) is 16.8 Å². The maximum absolute atomic E-state index is 13.0. The molecule has 3 aliphatic rings. The first-order valence-corrected chi connectivity index (χ1v) is 15.2. The van der Waals surface area contributed by atoms with Crippen molar-refractivity contribution in [3.8, 4) is 22.9 Å². The van der Waals surface area contributed by atoms with Gasteiger partial charge in [-0.15, -0.1) is 0 Å². The average Bonchev–Trinajstić information content (AvgIpc) is 3.58. The molecular formula is C30H34FN5O2S. The number of carbonyl (C=O) groups excluding carboxylic acids is 1. The highest BCUT2D eigenvalue weighted by Gasteiger charge is 2.45. The van der Waals surface area contributed by atoms with E-state index in [-0.39, 0.29) is 17.6 Å². The van der Waals surface area contributed by atoms with Crippen LogP contribution < -0.4 is 10.2 Å². The molecule has 0 atom stereocenters. The van der Waals surface area contributed by atoms with Crippen LogP contribution in [0.25, 0.3) is 16.8 Å². The number of benzene rings is 2. The van der Waals surface area contributed by atoms with Crippen molar-refractivity contribution in [2.75, 3.05) is 29.5 Å². The molecule has 1 amide bonds. The second-order valence-corrected chi connectivity index (χ2v) is 12.2. The van der Waals surface area contributed by atoms with Gasteiger partial charge in [0.1, 0.15) is 11.4 Å². The lowest BCUT2D eigenvalue weighted by Crippen LogP contribution is -2.40. The number of nitrogens with zero attached hydrogens (tertiary/aromatic N) is 4. The van der Waals surface area contributed by atoms with Gasteiger partial charge < -0.3 is 10.2 Å². The van der Waals surface area contributed by atoms with Crippen molar-refractivity contribution >= 4 is 22.4 Å². The SMILES string of the molecule is N#CC1(NC(=O)C2CCCCC2)CC1.O=S1CCN(c2ccc(-c3cnn(-c4ccc(F)cc4)c3)cc2)CC1. The van der Waals surface area contributed by atoms with E-state index in [0.717, 1.165) is 85.6 Å². The van der Waals surface area contributed by atoms with Gasteiger partial charge in [0, 0.05) is 58.8 Å². The Morgan fingerprint density at radius 3 is 2.23 bits per heavy atom. The summed E-state index contributed by atoms with van der Waals surface area (Å²) < 4.78 is 26.2. The topological polar surface area (TPSA) is 91.0 Å². The smallest absolute Gasteiger partial charge is 0.224 e. The van der Waals surface area contributed by atoms with Crippen molar-refractivity contribution in [2.45, 2.75) is 50.5 Å². The summed E-state index contributed by atoms with van der Waals surface area (Å²) in [5.74, 6) is 1.52. The summed E-state index contributed by atoms with van der Waals surface area (Å²) in [6.45, 7) is 1.68. The predicted octanol–water partition coefficient (Wildman–Crippen LogP) is 4.99.